The lowest BCUT2D eigenvalue weighted by Gasteiger charge is -2.41. The summed E-state index contributed by atoms with van der Waals surface area (Å²) in [5, 5.41) is 74.2. The van der Waals surface area contributed by atoms with E-state index in [-0.39, 0.29) is 6.42 Å². The third kappa shape index (κ3) is 24.6. The lowest BCUT2D eigenvalue weighted by molar-refractivity contribution is -0.220. The standard InChI is InChI=1S/C42H80NO12P/c1-3-5-7-9-11-13-14-15-16-17-18-19-20-22-24-26-28-30-35(45)34(43-36(46)31-33(44)29-27-25-23-21-12-10-8-6-4-2)32-54-56(52,53)55-42-40(50)38(48)37(47)39(49)41(42)51/h20,22,28,30,33-35,37-42,44-45,47-51H,3-19,21,23-27,29,31-32H2,1-2H3,(H,43,46)(H,52,53)/b22-20+,30-28+. The number of unbranched alkanes of at least 4 members (excludes halogenated alkanes) is 20. The van der Waals surface area contributed by atoms with Gasteiger partial charge in [0, 0.05) is 0 Å². The van der Waals surface area contributed by atoms with Gasteiger partial charge < -0.3 is 46.0 Å². The molecule has 0 aromatic heterocycles. The molecule has 0 saturated heterocycles. The number of hydrogen-bond acceptors (Lipinski definition) is 11. The summed E-state index contributed by atoms with van der Waals surface area (Å²) in [7, 11) is -5.14. The molecule has 330 valence electrons. The molecule has 1 amide bonds. The van der Waals surface area contributed by atoms with Crippen LogP contribution in [-0.4, -0.2) is 108 Å². The second-order valence-electron chi connectivity index (χ2n) is 15.7. The van der Waals surface area contributed by atoms with Crippen molar-refractivity contribution in [3.63, 3.8) is 0 Å². The minimum atomic E-state index is -5.14. The number of hydrogen-bond donors (Lipinski definition) is 9. The largest absolute Gasteiger partial charge is 0.472 e. The molecule has 1 aliphatic rings. The van der Waals surface area contributed by atoms with Crippen molar-refractivity contribution in [1.82, 2.24) is 5.32 Å². The summed E-state index contributed by atoms with van der Waals surface area (Å²) in [6, 6.07) is -1.25. The molecule has 0 aromatic carbocycles. The van der Waals surface area contributed by atoms with E-state index in [1.165, 1.54) is 102 Å². The molecule has 0 radical (unpaired) electrons. The molecular formula is C42H80NO12P. The molecule has 1 aliphatic carbocycles. The number of nitrogens with one attached hydrogen (secondary N) is 1. The third-order valence-electron chi connectivity index (χ3n) is 10.5. The topological polar surface area (TPSA) is 226 Å². The van der Waals surface area contributed by atoms with Gasteiger partial charge in [-0.1, -0.05) is 160 Å². The zero-order valence-electron chi connectivity index (χ0n) is 34.5. The lowest BCUT2D eigenvalue weighted by Crippen LogP contribution is -2.64. The predicted molar refractivity (Wildman–Crippen MR) is 220 cm³/mol. The van der Waals surface area contributed by atoms with Crippen molar-refractivity contribution < 1.29 is 59.0 Å². The number of phosphoric acid groups is 1. The molecule has 0 heterocycles. The zero-order valence-corrected chi connectivity index (χ0v) is 35.4. The first-order chi connectivity index (χ1) is 26.8. The highest BCUT2D eigenvalue weighted by Crippen LogP contribution is 2.47. The van der Waals surface area contributed by atoms with Gasteiger partial charge in [-0.15, -0.1) is 0 Å². The van der Waals surface area contributed by atoms with Gasteiger partial charge in [-0.3, -0.25) is 13.8 Å². The number of amides is 1. The Morgan fingerprint density at radius 1 is 0.625 bits per heavy atom. The van der Waals surface area contributed by atoms with Crippen LogP contribution in [0.3, 0.4) is 0 Å². The molecule has 56 heavy (non-hydrogen) atoms. The summed E-state index contributed by atoms with van der Waals surface area (Å²) < 4.78 is 22.8. The van der Waals surface area contributed by atoms with E-state index in [9.17, 15) is 50.0 Å². The Balaban J connectivity index is 2.62. The van der Waals surface area contributed by atoms with E-state index >= 15 is 0 Å². The highest BCUT2D eigenvalue weighted by Gasteiger charge is 2.51. The molecule has 13 nitrogen and oxygen atoms in total. The quantitative estimate of drug-likeness (QED) is 0.0192. The summed E-state index contributed by atoms with van der Waals surface area (Å²) in [6.07, 6.45) is 20.0. The molecule has 1 fully saturated rings. The minimum Gasteiger partial charge on any atom is -0.393 e. The second-order valence-corrected chi connectivity index (χ2v) is 17.1. The van der Waals surface area contributed by atoms with Crippen LogP contribution < -0.4 is 5.32 Å². The molecule has 8 atom stereocenters. The monoisotopic (exact) mass is 822 g/mol. The first-order valence-electron chi connectivity index (χ1n) is 21.9. The van der Waals surface area contributed by atoms with Crippen LogP contribution >= 0.6 is 7.82 Å². The van der Waals surface area contributed by atoms with Gasteiger partial charge in [-0.25, -0.2) is 4.57 Å². The normalized spacial score (nSPS) is 24.4. The second kappa shape index (κ2) is 32.6. The Hall–Kier alpha value is -1.22. The summed E-state index contributed by atoms with van der Waals surface area (Å²) in [5.74, 6) is -0.605. The van der Waals surface area contributed by atoms with E-state index in [0.29, 0.717) is 12.8 Å². The maximum atomic E-state index is 12.9. The van der Waals surface area contributed by atoms with Crippen molar-refractivity contribution >= 4 is 13.7 Å². The molecule has 1 rings (SSSR count). The van der Waals surface area contributed by atoms with Crippen molar-refractivity contribution in [3.05, 3.63) is 24.3 Å². The van der Waals surface area contributed by atoms with Crippen LogP contribution in [0.1, 0.15) is 174 Å². The van der Waals surface area contributed by atoms with Crippen LogP contribution in [0.4, 0.5) is 0 Å². The zero-order chi connectivity index (χ0) is 41.6. The number of phosphoric ester groups is 1. The van der Waals surface area contributed by atoms with Gasteiger partial charge >= 0.3 is 7.82 Å². The molecule has 0 spiro atoms. The lowest BCUT2D eigenvalue weighted by atomic mass is 9.85. The molecular weight excluding hydrogens is 741 g/mol. The molecule has 14 heteroatoms. The van der Waals surface area contributed by atoms with Crippen molar-refractivity contribution in [2.75, 3.05) is 6.61 Å². The van der Waals surface area contributed by atoms with E-state index in [1.807, 2.05) is 0 Å². The SMILES string of the molecule is CCCCCCCCCCCCC/C=C/CC/C=C/C(O)C(COP(=O)(O)OC1C(O)C(O)C(O)C(O)C1O)NC(=O)CC(O)CCCCCCCCCCC. The van der Waals surface area contributed by atoms with E-state index in [4.69, 9.17) is 9.05 Å². The molecule has 8 unspecified atom stereocenters. The Bertz CT molecular complexity index is 1060. The number of allylic oxidation sites excluding steroid dienone is 3. The van der Waals surface area contributed by atoms with Gasteiger partial charge in [-0.2, -0.15) is 0 Å². The Labute approximate surface area is 337 Å². The first-order valence-corrected chi connectivity index (χ1v) is 23.4. The smallest absolute Gasteiger partial charge is 0.393 e. The van der Waals surface area contributed by atoms with E-state index in [1.54, 1.807) is 6.08 Å². The van der Waals surface area contributed by atoms with Gasteiger partial charge in [-0.05, 0) is 32.1 Å². The third-order valence-corrected chi connectivity index (χ3v) is 11.5. The average molecular weight is 822 g/mol. The van der Waals surface area contributed by atoms with E-state index < -0.39 is 75.2 Å². The number of carbonyl (C=O) groups is 1. The van der Waals surface area contributed by atoms with Crippen LogP contribution in [0, 0.1) is 0 Å². The summed E-state index contributed by atoms with van der Waals surface area (Å²) >= 11 is 0. The van der Waals surface area contributed by atoms with Crippen LogP contribution in [-0.2, 0) is 18.4 Å². The average Bonchev–Trinajstić information content (AvgIpc) is 3.17. The molecule has 0 bridgehead atoms. The Morgan fingerprint density at radius 2 is 1.05 bits per heavy atom. The molecule has 0 aliphatic heterocycles. The number of aliphatic hydroxyl groups excluding tert-OH is 7. The van der Waals surface area contributed by atoms with Crippen LogP contribution in [0.15, 0.2) is 24.3 Å². The predicted octanol–water partition coefficient (Wildman–Crippen LogP) is 6.42. The van der Waals surface area contributed by atoms with E-state index in [2.05, 4.69) is 31.3 Å². The van der Waals surface area contributed by atoms with Crippen molar-refractivity contribution in [3.8, 4) is 0 Å². The highest BCUT2D eigenvalue weighted by atomic mass is 31.2. The molecule has 1 saturated carbocycles. The number of rotatable bonds is 35. The van der Waals surface area contributed by atoms with Crippen LogP contribution in [0.5, 0.6) is 0 Å². The Morgan fingerprint density at radius 3 is 1.57 bits per heavy atom. The van der Waals surface area contributed by atoms with Gasteiger partial charge in [0.1, 0.15) is 36.6 Å². The fourth-order valence-corrected chi connectivity index (χ4v) is 7.87. The summed E-state index contributed by atoms with van der Waals surface area (Å²) in [6.45, 7) is 3.68. The van der Waals surface area contributed by atoms with Crippen molar-refractivity contribution in [2.24, 2.45) is 0 Å². The Kier molecular flexibility index (Phi) is 30.7. The molecule has 0 aromatic rings. The summed E-state index contributed by atoms with van der Waals surface area (Å²) in [4.78, 5) is 23.3. The fourth-order valence-electron chi connectivity index (χ4n) is 6.90. The van der Waals surface area contributed by atoms with Crippen LogP contribution in [0.25, 0.3) is 0 Å². The van der Waals surface area contributed by atoms with Gasteiger partial charge in [0.05, 0.1) is 31.3 Å². The maximum Gasteiger partial charge on any atom is 0.472 e. The van der Waals surface area contributed by atoms with Gasteiger partial charge in [0.15, 0.2) is 0 Å². The number of aliphatic hydroxyl groups is 7. The fraction of sp³-hybridized carbons (Fsp3) is 0.881. The number of carbonyl (C=O) groups excluding carboxylic acids is 1. The van der Waals surface area contributed by atoms with Crippen molar-refractivity contribution in [2.45, 2.75) is 229 Å². The minimum absolute atomic E-state index is 0.250. The van der Waals surface area contributed by atoms with Gasteiger partial charge in [0.25, 0.3) is 0 Å². The molecule has 9 N–H and O–H groups in total. The van der Waals surface area contributed by atoms with Crippen molar-refractivity contribution in [1.29, 1.82) is 0 Å². The maximum absolute atomic E-state index is 12.9. The van der Waals surface area contributed by atoms with E-state index in [0.717, 1.165) is 44.9 Å². The van der Waals surface area contributed by atoms with Gasteiger partial charge in [0.2, 0.25) is 5.91 Å². The first kappa shape index (κ1) is 52.8. The van der Waals surface area contributed by atoms with Crippen LogP contribution in [0.2, 0.25) is 0 Å². The summed E-state index contributed by atoms with van der Waals surface area (Å²) in [5.41, 5.74) is 0. The highest BCUT2D eigenvalue weighted by molar-refractivity contribution is 7.47.